The number of nitrogens with zero attached hydrogens (tertiary/aromatic N) is 1. The van der Waals surface area contributed by atoms with Gasteiger partial charge in [0.1, 0.15) is 16.5 Å². The van der Waals surface area contributed by atoms with Crippen LogP contribution in [0.2, 0.25) is 10.0 Å². The summed E-state index contributed by atoms with van der Waals surface area (Å²) >= 11 is 18.1. The van der Waals surface area contributed by atoms with Crippen molar-refractivity contribution < 1.29 is 19.1 Å². The second kappa shape index (κ2) is 10.6. The molecule has 10 heteroatoms. The Labute approximate surface area is 222 Å². The average Bonchev–Trinajstić information content (AvgIpc) is 3.05. The number of benzene rings is 3. The van der Waals surface area contributed by atoms with Gasteiger partial charge in [-0.3, -0.25) is 14.4 Å². The third-order valence-electron chi connectivity index (χ3n) is 5.09. The number of hydrogen-bond acceptors (Lipinski definition) is 5. The Kier molecular flexibility index (Phi) is 7.54. The molecule has 0 saturated heterocycles. The van der Waals surface area contributed by atoms with Crippen molar-refractivity contribution in [1.29, 1.82) is 0 Å². The van der Waals surface area contributed by atoms with Gasteiger partial charge in [0.25, 0.3) is 17.7 Å². The van der Waals surface area contributed by atoms with Crippen LogP contribution in [-0.2, 0) is 9.59 Å². The second-order valence-corrected chi connectivity index (χ2v) is 9.27. The molecule has 4 rings (SSSR count). The molecular formula is C26H20Cl3N3O4. The molecule has 0 aliphatic carbocycles. The van der Waals surface area contributed by atoms with E-state index in [1.165, 1.54) is 18.2 Å². The topological polar surface area (TPSA) is 87.7 Å². The first-order valence-corrected chi connectivity index (χ1v) is 12.0. The van der Waals surface area contributed by atoms with Crippen molar-refractivity contribution in [2.45, 2.75) is 20.0 Å². The normalized spacial score (nSPS) is 13.4. The largest absolute Gasteiger partial charge is 0.491 e. The minimum atomic E-state index is -0.691. The van der Waals surface area contributed by atoms with Gasteiger partial charge >= 0.3 is 0 Å². The molecule has 3 aromatic carbocycles. The average molecular weight is 545 g/mol. The van der Waals surface area contributed by atoms with Crippen LogP contribution in [-0.4, -0.2) is 23.8 Å². The highest BCUT2D eigenvalue weighted by Crippen LogP contribution is 2.33. The van der Waals surface area contributed by atoms with E-state index in [0.29, 0.717) is 27.7 Å². The Morgan fingerprint density at radius 1 is 0.833 bits per heavy atom. The van der Waals surface area contributed by atoms with Crippen LogP contribution >= 0.6 is 34.8 Å². The molecule has 36 heavy (non-hydrogen) atoms. The first kappa shape index (κ1) is 25.6. The maximum absolute atomic E-state index is 12.9. The number of halogens is 3. The van der Waals surface area contributed by atoms with Gasteiger partial charge < -0.3 is 15.4 Å². The van der Waals surface area contributed by atoms with Crippen LogP contribution in [0.15, 0.2) is 77.5 Å². The number of anilines is 3. The highest BCUT2D eigenvalue weighted by Gasteiger charge is 2.39. The van der Waals surface area contributed by atoms with Crippen molar-refractivity contribution in [2.75, 3.05) is 15.5 Å². The summed E-state index contributed by atoms with van der Waals surface area (Å²) in [6.07, 6.45) is 0.0554. The van der Waals surface area contributed by atoms with Crippen molar-refractivity contribution in [2.24, 2.45) is 0 Å². The van der Waals surface area contributed by atoms with E-state index in [9.17, 15) is 14.4 Å². The van der Waals surface area contributed by atoms with Crippen LogP contribution in [0.5, 0.6) is 5.75 Å². The molecule has 0 fully saturated rings. The van der Waals surface area contributed by atoms with Gasteiger partial charge in [0, 0.05) is 16.9 Å². The quantitative estimate of drug-likeness (QED) is 0.333. The number of nitrogens with one attached hydrogen (secondary N) is 2. The van der Waals surface area contributed by atoms with Gasteiger partial charge in [-0.2, -0.15) is 0 Å². The summed E-state index contributed by atoms with van der Waals surface area (Å²) in [4.78, 5) is 39.1. The standard InChI is InChI=1S/C26H20Cl3N3O4/c1-14(2)36-19-10-7-17(8-11-19)31-24(33)15-3-5-16(6-4-15)30-23-22(29)25(34)32(26(23)35)18-9-12-20(27)21(28)13-18/h3-14,30H,1-2H3,(H,31,33). The van der Waals surface area contributed by atoms with Crippen LogP contribution < -0.4 is 20.3 Å². The summed E-state index contributed by atoms with van der Waals surface area (Å²) < 4.78 is 5.60. The fourth-order valence-electron chi connectivity index (χ4n) is 3.41. The van der Waals surface area contributed by atoms with Gasteiger partial charge in [-0.25, -0.2) is 4.90 Å². The molecule has 0 unspecified atom stereocenters. The lowest BCUT2D eigenvalue weighted by Gasteiger charge is -2.15. The van der Waals surface area contributed by atoms with Gasteiger partial charge in [-0.1, -0.05) is 34.8 Å². The van der Waals surface area contributed by atoms with Crippen molar-refractivity contribution in [3.63, 3.8) is 0 Å². The fourth-order valence-corrected chi connectivity index (χ4v) is 3.92. The monoisotopic (exact) mass is 543 g/mol. The maximum Gasteiger partial charge on any atom is 0.283 e. The summed E-state index contributed by atoms with van der Waals surface area (Å²) in [7, 11) is 0. The Bertz CT molecular complexity index is 1370. The van der Waals surface area contributed by atoms with Gasteiger partial charge in [-0.05, 0) is 80.6 Å². The molecule has 2 N–H and O–H groups in total. The van der Waals surface area contributed by atoms with Crippen molar-refractivity contribution in [1.82, 2.24) is 0 Å². The number of hydrogen-bond donors (Lipinski definition) is 2. The lowest BCUT2D eigenvalue weighted by atomic mass is 10.2. The molecule has 0 bridgehead atoms. The molecule has 0 spiro atoms. The van der Waals surface area contributed by atoms with Crippen molar-refractivity contribution in [3.8, 4) is 5.75 Å². The minimum Gasteiger partial charge on any atom is -0.491 e. The Morgan fingerprint density at radius 2 is 1.47 bits per heavy atom. The van der Waals surface area contributed by atoms with Gasteiger partial charge in [0.05, 0.1) is 21.8 Å². The summed E-state index contributed by atoms with van der Waals surface area (Å²) in [5.74, 6) is -0.934. The zero-order valence-corrected chi connectivity index (χ0v) is 21.4. The first-order chi connectivity index (χ1) is 17.1. The smallest absolute Gasteiger partial charge is 0.283 e. The highest BCUT2D eigenvalue weighted by atomic mass is 35.5. The summed E-state index contributed by atoms with van der Waals surface area (Å²) in [6.45, 7) is 3.87. The number of carbonyl (C=O) groups is 3. The Morgan fingerprint density at radius 3 is 2.08 bits per heavy atom. The van der Waals surface area contributed by atoms with E-state index < -0.39 is 11.8 Å². The third kappa shape index (κ3) is 5.49. The van der Waals surface area contributed by atoms with E-state index in [0.717, 1.165) is 4.90 Å². The molecule has 1 aliphatic heterocycles. The molecule has 0 saturated carbocycles. The van der Waals surface area contributed by atoms with Crippen molar-refractivity contribution in [3.05, 3.63) is 93.1 Å². The van der Waals surface area contributed by atoms with E-state index >= 15 is 0 Å². The predicted molar refractivity (Wildman–Crippen MR) is 142 cm³/mol. The fraction of sp³-hybridized carbons (Fsp3) is 0.115. The number of rotatable bonds is 7. The predicted octanol–water partition coefficient (Wildman–Crippen LogP) is 6.47. The van der Waals surface area contributed by atoms with E-state index in [-0.39, 0.29) is 33.5 Å². The highest BCUT2D eigenvalue weighted by molar-refractivity contribution is 6.53. The summed E-state index contributed by atoms with van der Waals surface area (Å²) in [5, 5.41) is 5.90. The van der Waals surface area contributed by atoms with Gasteiger partial charge in [-0.15, -0.1) is 0 Å². The molecular weight excluding hydrogens is 525 g/mol. The SMILES string of the molecule is CC(C)Oc1ccc(NC(=O)c2ccc(NC3=C(Cl)C(=O)N(c4ccc(Cl)c(Cl)c4)C3=O)cc2)cc1. The van der Waals surface area contributed by atoms with E-state index in [2.05, 4.69) is 10.6 Å². The molecule has 1 aliphatic rings. The molecule has 7 nitrogen and oxygen atoms in total. The van der Waals surface area contributed by atoms with E-state index in [1.807, 2.05) is 13.8 Å². The zero-order chi connectivity index (χ0) is 26.0. The number of carbonyl (C=O) groups excluding carboxylic acids is 3. The lowest BCUT2D eigenvalue weighted by Crippen LogP contribution is -2.32. The number of ether oxygens (including phenoxy) is 1. The Balaban J connectivity index is 1.43. The third-order valence-corrected chi connectivity index (χ3v) is 6.18. The van der Waals surface area contributed by atoms with E-state index in [1.54, 1.807) is 48.5 Å². The molecule has 0 radical (unpaired) electrons. The number of imide groups is 1. The van der Waals surface area contributed by atoms with Crippen LogP contribution in [0.3, 0.4) is 0 Å². The molecule has 0 aromatic heterocycles. The van der Waals surface area contributed by atoms with Crippen LogP contribution in [0.25, 0.3) is 0 Å². The molecule has 3 aromatic rings. The second-order valence-electron chi connectivity index (χ2n) is 8.08. The van der Waals surface area contributed by atoms with Crippen LogP contribution in [0.1, 0.15) is 24.2 Å². The molecule has 0 atom stereocenters. The molecule has 1 heterocycles. The van der Waals surface area contributed by atoms with Gasteiger partial charge in [0.2, 0.25) is 0 Å². The van der Waals surface area contributed by atoms with Crippen molar-refractivity contribution >= 4 is 69.6 Å². The van der Waals surface area contributed by atoms with Gasteiger partial charge in [0.15, 0.2) is 0 Å². The van der Waals surface area contributed by atoms with Crippen LogP contribution in [0, 0.1) is 0 Å². The minimum absolute atomic E-state index is 0.0554. The summed E-state index contributed by atoms with van der Waals surface area (Å²) in [6, 6.07) is 17.8. The molecule has 3 amide bonds. The summed E-state index contributed by atoms with van der Waals surface area (Å²) in [5.41, 5.74) is 1.63. The van der Waals surface area contributed by atoms with Crippen LogP contribution in [0.4, 0.5) is 17.1 Å². The van der Waals surface area contributed by atoms with E-state index in [4.69, 9.17) is 39.5 Å². The Hall–Kier alpha value is -3.52. The maximum atomic E-state index is 12.9. The zero-order valence-electron chi connectivity index (χ0n) is 19.1. The first-order valence-electron chi connectivity index (χ1n) is 10.8. The molecule has 184 valence electrons. The number of amides is 3. The lowest BCUT2D eigenvalue weighted by molar-refractivity contribution is -0.120.